The molecule has 0 amide bonds. The molecule has 1 aromatic heterocycles. The van der Waals surface area contributed by atoms with E-state index in [0.717, 1.165) is 5.56 Å². The zero-order valence-corrected chi connectivity index (χ0v) is 15.9. The normalized spacial score (nSPS) is 12.2. The van der Waals surface area contributed by atoms with E-state index in [1.165, 1.54) is 19.2 Å². The van der Waals surface area contributed by atoms with Gasteiger partial charge in [0.15, 0.2) is 11.5 Å². The Kier molecular flexibility index (Phi) is 6.43. The predicted octanol–water partition coefficient (Wildman–Crippen LogP) is 4.85. The fourth-order valence-corrected chi connectivity index (χ4v) is 2.68. The minimum Gasteiger partial charge on any atom is -0.493 e. The molecule has 2 aromatic carbocycles. The van der Waals surface area contributed by atoms with Crippen LogP contribution >= 0.6 is 11.6 Å². The van der Waals surface area contributed by atoms with Crippen LogP contribution in [0.3, 0.4) is 0 Å². The fraction of sp³-hybridized carbons (Fsp3) is 0.263. The number of nitrogens with one attached hydrogen (secondary N) is 1. The molecule has 0 fully saturated rings. The molecule has 3 aromatic rings. The quantitative estimate of drug-likeness (QED) is 0.573. The molecule has 0 aliphatic heterocycles. The van der Waals surface area contributed by atoms with Crippen LogP contribution in [0.5, 0.6) is 11.5 Å². The highest BCUT2D eigenvalue weighted by Crippen LogP contribution is 2.32. The second-order valence-corrected chi connectivity index (χ2v) is 6.35. The van der Waals surface area contributed by atoms with Crippen molar-refractivity contribution in [1.82, 2.24) is 15.5 Å². The predicted molar refractivity (Wildman–Crippen MR) is 99.6 cm³/mol. The molecule has 28 heavy (non-hydrogen) atoms. The molecule has 6 nitrogen and oxygen atoms in total. The molecule has 1 N–H and O–H groups in total. The number of ether oxygens (including phenoxy) is 2. The van der Waals surface area contributed by atoms with E-state index in [1.54, 1.807) is 6.07 Å². The second kappa shape index (κ2) is 8.99. The summed E-state index contributed by atoms with van der Waals surface area (Å²) in [6.07, 6.45) is 0. The Balaban J connectivity index is 1.67. The first-order valence-electron chi connectivity index (χ1n) is 8.41. The topological polar surface area (TPSA) is 69.4 Å². The van der Waals surface area contributed by atoms with Gasteiger partial charge in [-0.25, -0.2) is 0 Å². The van der Waals surface area contributed by atoms with E-state index in [-0.39, 0.29) is 17.5 Å². The number of halogens is 3. The van der Waals surface area contributed by atoms with Crippen LogP contribution in [-0.2, 0) is 6.54 Å². The van der Waals surface area contributed by atoms with E-state index in [2.05, 4.69) is 20.2 Å². The van der Waals surface area contributed by atoms with Crippen LogP contribution in [0.2, 0.25) is 5.02 Å². The summed E-state index contributed by atoms with van der Waals surface area (Å²) in [7, 11) is 1.36. The van der Waals surface area contributed by atoms with Crippen molar-refractivity contribution in [3.05, 3.63) is 58.9 Å². The molecule has 0 bridgehead atoms. The van der Waals surface area contributed by atoms with Crippen LogP contribution in [0.25, 0.3) is 11.4 Å². The van der Waals surface area contributed by atoms with Gasteiger partial charge in [-0.1, -0.05) is 28.9 Å². The number of alkyl halides is 2. The summed E-state index contributed by atoms with van der Waals surface area (Å²) in [6, 6.07) is 12.0. The van der Waals surface area contributed by atoms with Crippen LogP contribution in [0, 0.1) is 0 Å². The Labute approximate surface area is 165 Å². The van der Waals surface area contributed by atoms with Gasteiger partial charge in [-0.3, -0.25) is 0 Å². The largest absolute Gasteiger partial charge is 0.493 e. The molecule has 148 valence electrons. The van der Waals surface area contributed by atoms with E-state index in [9.17, 15) is 8.78 Å². The van der Waals surface area contributed by atoms with Gasteiger partial charge >= 0.3 is 6.61 Å². The summed E-state index contributed by atoms with van der Waals surface area (Å²) in [6.45, 7) is -0.571. The molecule has 0 aliphatic carbocycles. The number of benzene rings is 2. The maximum atomic E-state index is 12.4. The Bertz CT molecular complexity index is 919. The van der Waals surface area contributed by atoms with E-state index in [4.69, 9.17) is 20.9 Å². The van der Waals surface area contributed by atoms with Gasteiger partial charge in [-0.15, -0.1) is 0 Å². The van der Waals surface area contributed by atoms with Crippen LogP contribution in [0.4, 0.5) is 8.78 Å². The zero-order valence-electron chi connectivity index (χ0n) is 15.2. The van der Waals surface area contributed by atoms with Crippen molar-refractivity contribution in [2.45, 2.75) is 26.1 Å². The third-order valence-electron chi connectivity index (χ3n) is 4.04. The van der Waals surface area contributed by atoms with Crippen LogP contribution < -0.4 is 14.8 Å². The van der Waals surface area contributed by atoms with Crippen molar-refractivity contribution in [2.24, 2.45) is 0 Å². The molecule has 1 unspecified atom stereocenters. The number of aromatic nitrogens is 2. The first-order valence-corrected chi connectivity index (χ1v) is 8.78. The minimum atomic E-state index is -2.94. The lowest BCUT2D eigenvalue weighted by Gasteiger charge is -2.12. The fourth-order valence-electron chi connectivity index (χ4n) is 2.55. The van der Waals surface area contributed by atoms with Crippen molar-refractivity contribution in [3.8, 4) is 22.9 Å². The molecule has 9 heteroatoms. The van der Waals surface area contributed by atoms with Gasteiger partial charge in [0.2, 0.25) is 11.7 Å². The van der Waals surface area contributed by atoms with E-state index in [0.29, 0.717) is 28.8 Å². The van der Waals surface area contributed by atoms with Crippen molar-refractivity contribution >= 4 is 11.6 Å². The first kappa shape index (κ1) is 20.0. The maximum absolute atomic E-state index is 12.4. The van der Waals surface area contributed by atoms with Gasteiger partial charge in [-0.2, -0.15) is 13.8 Å². The number of rotatable bonds is 8. The van der Waals surface area contributed by atoms with Gasteiger partial charge < -0.3 is 19.3 Å². The minimum absolute atomic E-state index is 0.0542. The van der Waals surface area contributed by atoms with E-state index in [1.807, 2.05) is 31.2 Å². The number of nitrogens with zero attached hydrogens (tertiary/aromatic N) is 2. The summed E-state index contributed by atoms with van der Waals surface area (Å²) in [5.74, 6) is 0.794. The Hall–Kier alpha value is -2.71. The smallest absolute Gasteiger partial charge is 0.387 e. The maximum Gasteiger partial charge on any atom is 0.387 e. The van der Waals surface area contributed by atoms with Gasteiger partial charge in [0, 0.05) is 16.6 Å². The van der Waals surface area contributed by atoms with Crippen molar-refractivity contribution in [3.63, 3.8) is 0 Å². The molecule has 0 aliphatic rings. The third kappa shape index (κ3) is 4.96. The first-order chi connectivity index (χ1) is 13.5. The highest BCUT2D eigenvalue weighted by atomic mass is 35.5. The Morgan fingerprint density at radius 1 is 1.14 bits per heavy atom. The van der Waals surface area contributed by atoms with Gasteiger partial charge in [0.05, 0.1) is 13.7 Å². The summed E-state index contributed by atoms with van der Waals surface area (Å²) in [4.78, 5) is 4.32. The molecular formula is C19H18ClF2N3O3. The van der Waals surface area contributed by atoms with Gasteiger partial charge in [0.1, 0.15) is 0 Å². The molecule has 3 rings (SSSR count). The Morgan fingerprint density at radius 2 is 1.89 bits per heavy atom. The van der Waals surface area contributed by atoms with Crippen LogP contribution in [-0.4, -0.2) is 23.9 Å². The highest BCUT2D eigenvalue weighted by molar-refractivity contribution is 6.30. The number of hydrogen-bond acceptors (Lipinski definition) is 6. The van der Waals surface area contributed by atoms with Crippen molar-refractivity contribution in [1.29, 1.82) is 0 Å². The highest BCUT2D eigenvalue weighted by Gasteiger charge is 2.15. The SMILES string of the molecule is COc1cc(-c2noc(CNC(C)c3ccc(Cl)cc3)n2)ccc1OC(F)F. The van der Waals surface area contributed by atoms with Crippen LogP contribution in [0.15, 0.2) is 47.0 Å². The van der Waals surface area contributed by atoms with Gasteiger partial charge in [-0.05, 0) is 42.8 Å². The summed E-state index contributed by atoms with van der Waals surface area (Å²) < 4.78 is 39.6. The molecule has 1 atom stereocenters. The average Bonchev–Trinajstić information content (AvgIpc) is 3.15. The molecule has 0 saturated carbocycles. The molecule has 0 spiro atoms. The van der Waals surface area contributed by atoms with E-state index < -0.39 is 6.61 Å². The standard InChI is InChI=1S/C19H18ClF2N3O3/c1-11(12-3-6-14(20)7-4-12)23-10-17-24-18(25-28-17)13-5-8-15(27-19(21)22)16(9-13)26-2/h3-9,11,19,23H,10H2,1-2H3. The molecule has 0 saturated heterocycles. The lowest BCUT2D eigenvalue weighted by Crippen LogP contribution is -2.18. The average molecular weight is 410 g/mol. The zero-order chi connectivity index (χ0) is 20.1. The van der Waals surface area contributed by atoms with Crippen molar-refractivity contribution < 1.29 is 22.8 Å². The third-order valence-corrected chi connectivity index (χ3v) is 4.29. The van der Waals surface area contributed by atoms with Gasteiger partial charge in [0.25, 0.3) is 0 Å². The Morgan fingerprint density at radius 3 is 2.57 bits per heavy atom. The summed E-state index contributed by atoms with van der Waals surface area (Å²) >= 11 is 5.90. The van der Waals surface area contributed by atoms with E-state index >= 15 is 0 Å². The van der Waals surface area contributed by atoms with Crippen molar-refractivity contribution in [2.75, 3.05) is 7.11 Å². The summed E-state index contributed by atoms with van der Waals surface area (Å²) in [5, 5.41) is 7.89. The molecule has 0 radical (unpaired) electrons. The number of hydrogen-bond donors (Lipinski definition) is 1. The second-order valence-electron chi connectivity index (χ2n) is 5.91. The summed E-state index contributed by atoms with van der Waals surface area (Å²) in [5.41, 5.74) is 1.63. The molecular weight excluding hydrogens is 392 g/mol. The lowest BCUT2D eigenvalue weighted by atomic mass is 10.1. The monoisotopic (exact) mass is 409 g/mol. The van der Waals surface area contributed by atoms with Crippen LogP contribution in [0.1, 0.15) is 24.4 Å². The lowest BCUT2D eigenvalue weighted by molar-refractivity contribution is -0.0512. The number of methoxy groups -OCH3 is 1. The molecule has 1 heterocycles.